The minimum atomic E-state index is -0.846. The number of carbonyl (C=O) groups is 1. The first-order chi connectivity index (χ1) is 11.8. The molecule has 4 nitrogen and oxygen atoms in total. The fourth-order valence-corrected chi connectivity index (χ4v) is 3.47. The van der Waals surface area contributed by atoms with Crippen LogP contribution in [0.4, 0.5) is 0 Å². The van der Waals surface area contributed by atoms with Gasteiger partial charge in [-0.25, -0.2) is 4.79 Å². The minimum absolute atomic E-state index is 0.380. The summed E-state index contributed by atoms with van der Waals surface area (Å²) in [6, 6.07) is 1.66. The molecular formula is C20H33NO3. The Bertz CT molecular complexity index is 463. The molecule has 1 heterocycles. The third kappa shape index (κ3) is 7.52. The topological polar surface area (TPSA) is 51.5 Å². The molecule has 1 aromatic heterocycles. The summed E-state index contributed by atoms with van der Waals surface area (Å²) in [6.07, 6.45) is 19.5. The number of aromatic nitrogens is 1. The number of nitrogens with zero attached hydrogens (tertiary/aromatic N) is 1. The number of unbranched alkanes of at least 4 members (excludes halogenated alkanes) is 6. The maximum atomic E-state index is 10.8. The van der Waals surface area contributed by atoms with Crippen LogP contribution in [-0.4, -0.2) is 28.4 Å². The van der Waals surface area contributed by atoms with Crippen molar-refractivity contribution in [3.8, 4) is 0 Å². The predicted molar refractivity (Wildman–Crippen MR) is 96.5 cm³/mol. The zero-order chi connectivity index (χ0) is 17.0. The molecule has 1 aromatic rings. The standard InChI is InChI=1S/C20H33NO3/c22-20(23)18-13-15-21(17-18)14-9-4-2-1-3-5-10-16-24-19-11-7-6-8-12-19/h13,15,17,19H,1-12,14,16H2,(H,22,23). The van der Waals surface area contributed by atoms with E-state index in [9.17, 15) is 4.79 Å². The summed E-state index contributed by atoms with van der Waals surface area (Å²) >= 11 is 0. The van der Waals surface area contributed by atoms with Crippen molar-refractivity contribution < 1.29 is 14.6 Å². The molecule has 0 aliphatic heterocycles. The van der Waals surface area contributed by atoms with Gasteiger partial charge in [0.2, 0.25) is 0 Å². The average molecular weight is 335 g/mol. The Balaban J connectivity index is 1.36. The van der Waals surface area contributed by atoms with Crippen LogP contribution in [0, 0.1) is 0 Å². The van der Waals surface area contributed by atoms with E-state index in [1.54, 1.807) is 12.3 Å². The van der Waals surface area contributed by atoms with Crippen LogP contribution < -0.4 is 0 Å². The highest BCUT2D eigenvalue weighted by Crippen LogP contribution is 2.20. The molecular weight excluding hydrogens is 302 g/mol. The van der Waals surface area contributed by atoms with Gasteiger partial charge in [0.05, 0.1) is 11.7 Å². The molecule has 1 aliphatic rings. The fraction of sp³-hybridized carbons (Fsp3) is 0.750. The van der Waals surface area contributed by atoms with E-state index in [0.717, 1.165) is 19.6 Å². The van der Waals surface area contributed by atoms with Crippen LogP contribution in [0.15, 0.2) is 18.5 Å². The van der Waals surface area contributed by atoms with Crippen molar-refractivity contribution in [2.75, 3.05) is 6.61 Å². The lowest BCUT2D eigenvalue weighted by Gasteiger charge is -2.21. The van der Waals surface area contributed by atoms with Crippen LogP contribution in [-0.2, 0) is 11.3 Å². The molecule has 136 valence electrons. The lowest BCUT2D eigenvalue weighted by Crippen LogP contribution is -2.17. The molecule has 0 aromatic carbocycles. The highest BCUT2D eigenvalue weighted by Gasteiger charge is 2.12. The molecule has 24 heavy (non-hydrogen) atoms. The van der Waals surface area contributed by atoms with Gasteiger partial charge in [0.25, 0.3) is 0 Å². The van der Waals surface area contributed by atoms with Gasteiger partial charge in [-0.15, -0.1) is 0 Å². The zero-order valence-corrected chi connectivity index (χ0v) is 14.9. The maximum Gasteiger partial charge on any atom is 0.337 e. The number of rotatable bonds is 12. The van der Waals surface area contributed by atoms with Gasteiger partial charge < -0.3 is 14.4 Å². The van der Waals surface area contributed by atoms with Gasteiger partial charge in [0, 0.05) is 25.5 Å². The van der Waals surface area contributed by atoms with E-state index in [1.165, 1.54) is 70.6 Å². The number of aromatic carboxylic acids is 1. The number of hydrogen-bond acceptors (Lipinski definition) is 2. The molecule has 0 unspecified atom stereocenters. The maximum absolute atomic E-state index is 10.8. The Morgan fingerprint density at radius 1 is 1.04 bits per heavy atom. The Morgan fingerprint density at radius 3 is 2.38 bits per heavy atom. The summed E-state index contributed by atoms with van der Waals surface area (Å²) in [5, 5.41) is 8.88. The largest absolute Gasteiger partial charge is 0.478 e. The third-order valence-electron chi connectivity index (χ3n) is 4.96. The van der Waals surface area contributed by atoms with Crippen LogP contribution >= 0.6 is 0 Å². The van der Waals surface area contributed by atoms with E-state index in [2.05, 4.69) is 0 Å². The van der Waals surface area contributed by atoms with Crippen LogP contribution in [0.2, 0.25) is 0 Å². The number of hydrogen-bond donors (Lipinski definition) is 1. The van der Waals surface area contributed by atoms with Gasteiger partial charge in [-0.1, -0.05) is 51.4 Å². The lowest BCUT2D eigenvalue weighted by atomic mass is 9.98. The lowest BCUT2D eigenvalue weighted by molar-refractivity contribution is 0.0263. The highest BCUT2D eigenvalue weighted by atomic mass is 16.5. The monoisotopic (exact) mass is 335 g/mol. The summed E-state index contributed by atoms with van der Waals surface area (Å²) in [5.74, 6) is -0.846. The van der Waals surface area contributed by atoms with E-state index in [-0.39, 0.29) is 0 Å². The summed E-state index contributed by atoms with van der Waals surface area (Å²) < 4.78 is 7.93. The molecule has 1 fully saturated rings. The molecule has 0 bridgehead atoms. The van der Waals surface area contributed by atoms with Crippen molar-refractivity contribution in [2.24, 2.45) is 0 Å². The highest BCUT2D eigenvalue weighted by molar-refractivity contribution is 5.87. The summed E-state index contributed by atoms with van der Waals surface area (Å²) in [6.45, 7) is 1.87. The Hall–Kier alpha value is -1.29. The Labute approximate surface area is 146 Å². The molecule has 2 rings (SSSR count). The van der Waals surface area contributed by atoms with Gasteiger partial charge in [0.1, 0.15) is 0 Å². The number of carboxylic acid groups (broad SMARTS) is 1. The summed E-state index contributed by atoms with van der Waals surface area (Å²) in [7, 11) is 0. The molecule has 0 atom stereocenters. The average Bonchev–Trinajstić information content (AvgIpc) is 3.07. The van der Waals surface area contributed by atoms with Crippen molar-refractivity contribution in [3.05, 3.63) is 24.0 Å². The second-order valence-corrected chi connectivity index (χ2v) is 7.05. The normalized spacial score (nSPS) is 15.7. The van der Waals surface area contributed by atoms with Crippen molar-refractivity contribution in [2.45, 2.75) is 89.7 Å². The minimum Gasteiger partial charge on any atom is -0.478 e. The van der Waals surface area contributed by atoms with Crippen LogP contribution in [0.25, 0.3) is 0 Å². The quantitative estimate of drug-likeness (QED) is 0.530. The van der Waals surface area contributed by atoms with E-state index in [1.807, 2.05) is 10.8 Å². The SMILES string of the molecule is O=C(O)c1ccn(CCCCCCCCCOC2CCCCC2)c1. The number of aryl methyl sites for hydroxylation is 1. The summed E-state index contributed by atoms with van der Waals surface area (Å²) in [5.41, 5.74) is 0.380. The second-order valence-electron chi connectivity index (χ2n) is 7.05. The zero-order valence-electron chi connectivity index (χ0n) is 14.9. The van der Waals surface area contributed by atoms with Gasteiger partial charge in [-0.3, -0.25) is 0 Å². The van der Waals surface area contributed by atoms with Crippen molar-refractivity contribution in [1.29, 1.82) is 0 Å². The second kappa shape index (κ2) is 11.3. The molecule has 0 amide bonds. The van der Waals surface area contributed by atoms with Gasteiger partial charge >= 0.3 is 5.97 Å². The third-order valence-corrected chi connectivity index (χ3v) is 4.96. The smallest absolute Gasteiger partial charge is 0.337 e. The van der Waals surface area contributed by atoms with Crippen LogP contribution in [0.5, 0.6) is 0 Å². The first-order valence-corrected chi connectivity index (χ1v) is 9.76. The van der Waals surface area contributed by atoms with E-state index in [4.69, 9.17) is 9.84 Å². The summed E-state index contributed by atoms with van der Waals surface area (Å²) in [4.78, 5) is 10.8. The van der Waals surface area contributed by atoms with Crippen LogP contribution in [0.3, 0.4) is 0 Å². The number of ether oxygens (including phenoxy) is 1. The molecule has 0 spiro atoms. The molecule has 0 radical (unpaired) electrons. The van der Waals surface area contributed by atoms with E-state index < -0.39 is 5.97 Å². The van der Waals surface area contributed by atoms with Gasteiger partial charge in [-0.2, -0.15) is 0 Å². The molecule has 1 saturated carbocycles. The van der Waals surface area contributed by atoms with E-state index in [0.29, 0.717) is 11.7 Å². The molecule has 1 N–H and O–H groups in total. The van der Waals surface area contributed by atoms with Crippen LogP contribution in [0.1, 0.15) is 87.4 Å². The van der Waals surface area contributed by atoms with E-state index >= 15 is 0 Å². The molecule has 4 heteroatoms. The Morgan fingerprint density at radius 2 is 1.71 bits per heavy atom. The number of carboxylic acids is 1. The van der Waals surface area contributed by atoms with Crippen molar-refractivity contribution >= 4 is 5.97 Å². The molecule has 1 aliphatic carbocycles. The van der Waals surface area contributed by atoms with Crippen molar-refractivity contribution in [1.82, 2.24) is 4.57 Å². The fourth-order valence-electron chi connectivity index (χ4n) is 3.47. The predicted octanol–water partition coefficient (Wildman–Crippen LogP) is 5.27. The Kier molecular flexibility index (Phi) is 8.96. The first kappa shape index (κ1) is 19.0. The van der Waals surface area contributed by atoms with Gasteiger partial charge in [0.15, 0.2) is 0 Å². The van der Waals surface area contributed by atoms with Gasteiger partial charge in [-0.05, 0) is 31.7 Å². The first-order valence-electron chi connectivity index (χ1n) is 9.76. The van der Waals surface area contributed by atoms with Crippen molar-refractivity contribution in [3.63, 3.8) is 0 Å². The molecule has 0 saturated heterocycles.